The van der Waals surface area contributed by atoms with Gasteiger partial charge in [-0.15, -0.1) is 0 Å². The van der Waals surface area contributed by atoms with Crippen LogP contribution in [0.4, 0.5) is 0 Å². The van der Waals surface area contributed by atoms with Gasteiger partial charge in [-0.25, -0.2) is 17.5 Å². The number of nitrogens with one attached hydrogen (secondary N) is 1. The second-order valence-corrected chi connectivity index (χ2v) is 7.42. The van der Waals surface area contributed by atoms with Crippen LogP contribution in [0.1, 0.15) is 10.4 Å². The Bertz CT molecular complexity index is 777. The summed E-state index contributed by atoms with van der Waals surface area (Å²) in [5, 5.41) is 2.15. The van der Waals surface area contributed by atoms with Crippen molar-refractivity contribution in [2.75, 3.05) is 34.4 Å². The average Bonchev–Trinajstić information content (AvgIpc) is 2.57. The lowest BCUT2D eigenvalue weighted by Gasteiger charge is -2.13. The van der Waals surface area contributed by atoms with E-state index >= 15 is 0 Å². The van der Waals surface area contributed by atoms with Crippen LogP contribution < -0.4 is 5.32 Å². The van der Waals surface area contributed by atoms with Crippen LogP contribution >= 0.6 is 11.6 Å². The van der Waals surface area contributed by atoms with Gasteiger partial charge in [0.2, 0.25) is 10.0 Å². The highest BCUT2D eigenvalue weighted by Crippen LogP contribution is 2.22. The fraction of sp³-hybridized carbons (Fsp3) is 0.357. The Morgan fingerprint density at radius 1 is 1.24 bits per heavy atom. The third-order valence-corrected chi connectivity index (χ3v) is 5.07. The summed E-state index contributed by atoms with van der Waals surface area (Å²) < 4.78 is 34.3. The highest BCUT2D eigenvalue weighted by atomic mass is 35.5. The predicted molar refractivity (Wildman–Crippen MR) is 87.6 cm³/mol. The number of ether oxygens (including phenoxy) is 2. The first-order valence-electron chi connectivity index (χ1n) is 6.82. The Hall–Kier alpha value is -2.17. The molecule has 0 saturated heterocycles. The van der Waals surface area contributed by atoms with Crippen LogP contribution in [-0.4, -0.2) is 64.9 Å². The monoisotopic (exact) mass is 392 g/mol. The van der Waals surface area contributed by atoms with E-state index in [1.54, 1.807) is 0 Å². The van der Waals surface area contributed by atoms with E-state index in [4.69, 9.17) is 16.3 Å². The Labute approximate surface area is 149 Å². The van der Waals surface area contributed by atoms with Gasteiger partial charge in [0.1, 0.15) is 6.54 Å². The van der Waals surface area contributed by atoms with Crippen LogP contribution in [0.25, 0.3) is 0 Å². The summed E-state index contributed by atoms with van der Waals surface area (Å²) in [5.74, 6) is -2.37. The lowest BCUT2D eigenvalue weighted by Crippen LogP contribution is -2.33. The number of hydrogen-bond acceptors (Lipinski definition) is 7. The molecule has 0 bridgehead atoms. The Balaban J connectivity index is 2.82. The smallest absolute Gasteiger partial charge is 0.340 e. The van der Waals surface area contributed by atoms with E-state index in [1.165, 1.54) is 26.2 Å². The number of methoxy groups -OCH3 is 1. The van der Waals surface area contributed by atoms with Crippen LogP contribution in [0.2, 0.25) is 5.02 Å². The van der Waals surface area contributed by atoms with Gasteiger partial charge in [-0.1, -0.05) is 11.6 Å². The fourth-order valence-corrected chi connectivity index (χ4v) is 2.66. The summed E-state index contributed by atoms with van der Waals surface area (Å²) in [5.41, 5.74) is -0.203. The van der Waals surface area contributed by atoms with Gasteiger partial charge >= 0.3 is 11.9 Å². The number of nitrogens with zero attached hydrogens (tertiary/aromatic N) is 1. The molecule has 11 heteroatoms. The maximum Gasteiger partial charge on any atom is 0.340 e. The first kappa shape index (κ1) is 20.9. The SMILES string of the molecule is COC(=O)CNC(=O)COC(=O)c1cc(S(=O)(=O)N(C)C)ccc1Cl. The molecule has 138 valence electrons. The molecule has 0 radical (unpaired) electrons. The van der Waals surface area contributed by atoms with Crippen molar-refractivity contribution >= 4 is 39.5 Å². The summed E-state index contributed by atoms with van der Waals surface area (Å²) in [6.45, 7) is -1.04. The molecule has 0 aromatic heterocycles. The fourth-order valence-electron chi connectivity index (χ4n) is 1.53. The molecule has 0 heterocycles. The third kappa shape index (κ3) is 5.69. The van der Waals surface area contributed by atoms with Gasteiger partial charge in [0.05, 0.1) is 22.6 Å². The number of esters is 2. The second-order valence-electron chi connectivity index (χ2n) is 4.86. The van der Waals surface area contributed by atoms with E-state index in [0.29, 0.717) is 0 Å². The maximum absolute atomic E-state index is 12.1. The van der Waals surface area contributed by atoms with E-state index in [-0.39, 0.29) is 22.0 Å². The average molecular weight is 393 g/mol. The first-order chi connectivity index (χ1) is 11.6. The highest BCUT2D eigenvalue weighted by molar-refractivity contribution is 7.89. The summed E-state index contributed by atoms with van der Waals surface area (Å²) >= 11 is 5.89. The molecule has 0 spiro atoms. The number of benzene rings is 1. The van der Waals surface area contributed by atoms with Gasteiger partial charge in [-0.2, -0.15) is 0 Å². The van der Waals surface area contributed by atoms with E-state index in [1.807, 2.05) is 0 Å². The van der Waals surface area contributed by atoms with Crippen molar-refractivity contribution in [2.45, 2.75) is 4.90 Å². The van der Waals surface area contributed by atoms with E-state index in [9.17, 15) is 22.8 Å². The molecule has 1 rings (SSSR count). The Kier molecular flexibility index (Phi) is 7.34. The minimum Gasteiger partial charge on any atom is -0.468 e. The minimum atomic E-state index is -3.77. The van der Waals surface area contributed by atoms with E-state index in [2.05, 4.69) is 10.1 Å². The minimum absolute atomic E-state index is 0.0299. The number of amides is 1. The molecule has 0 unspecified atom stereocenters. The van der Waals surface area contributed by atoms with Crippen LogP contribution in [0.3, 0.4) is 0 Å². The van der Waals surface area contributed by atoms with Crippen molar-refractivity contribution in [3.05, 3.63) is 28.8 Å². The Morgan fingerprint density at radius 2 is 1.88 bits per heavy atom. The molecule has 0 aliphatic heterocycles. The standard InChI is InChI=1S/C14H17ClN2O7S/c1-17(2)25(21,22)9-4-5-11(15)10(6-9)14(20)24-8-12(18)16-7-13(19)23-3/h4-6H,7-8H2,1-3H3,(H,16,18). The van der Waals surface area contributed by atoms with Crippen molar-refractivity contribution < 1.29 is 32.3 Å². The maximum atomic E-state index is 12.1. The largest absolute Gasteiger partial charge is 0.468 e. The highest BCUT2D eigenvalue weighted by Gasteiger charge is 2.22. The van der Waals surface area contributed by atoms with E-state index in [0.717, 1.165) is 17.5 Å². The number of carbonyl (C=O) groups is 3. The van der Waals surface area contributed by atoms with Gasteiger partial charge in [0.25, 0.3) is 5.91 Å². The number of halogens is 1. The number of hydrogen-bond donors (Lipinski definition) is 1. The van der Waals surface area contributed by atoms with Crippen molar-refractivity contribution in [1.29, 1.82) is 0 Å². The molecule has 25 heavy (non-hydrogen) atoms. The number of sulfonamides is 1. The number of carbonyl (C=O) groups excluding carboxylic acids is 3. The van der Waals surface area contributed by atoms with Crippen LogP contribution in [0, 0.1) is 0 Å². The predicted octanol–water partition coefficient (Wildman–Crippen LogP) is 0.0363. The summed E-state index contributed by atoms with van der Waals surface area (Å²) in [6.07, 6.45) is 0. The normalized spacial score (nSPS) is 11.1. The van der Waals surface area contributed by atoms with Crippen molar-refractivity contribution in [2.24, 2.45) is 0 Å². The van der Waals surface area contributed by atoms with Crippen LogP contribution in [0.5, 0.6) is 0 Å². The summed E-state index contributed by atoms with van der Waals surface area (Å²) in [6, 6.07) is 3.55. The molecule has 1 amide bonds. The van der Waals surface area contributed by atoms with Gasteiger partial charge in [0.15, 0.2) is 6.61 Å². The lowest BCUT2D eigenvalue weighted by atomic mass is 10.2. The molecule has 1 N–H and O–H groups in total. The molecular formula is C14H17ClN2O7S. The van der Waals surface area contributed by atoms with Crippen molar-refractivity contribution in [3.63, 3.8) is 0 Å². The molecule has 0 aliphatic carbocycles. The zero-order valence-electron chi connectivity index (χ0n) is 13.7. The molecule has 9 nitrogen and oxygen atoms in total. The Morgan fingerprint density at radius 3 is 2.44 bits per heavy atom. The van der Waals surface area contributed by atoms with E-state index < -0.39 is 34.5 Å². The van der Waals surface area contributed by atoms with Crippen molar-refractivity contribution in [3.8, 4) is 0 Å². The summed E-state index contributed by atoms with van der Waals surface area (Å²) in [4.78, 5) is 34.2. The van der Waals surface area contributed by atoms with Crippen LogP contribution in [-0.2, 0) is 29.1 Å². The van der Waals surface area contributed by atoms with Gasteiger partial charge in [-0.3, -0.25) is 9.59 Å². The zero-order valence-corrected chi connectivity index (χ0v) is 15.3. The topological polar surface area (TPSA) is 119 Å². The first-order valence-corrected chi connectivity index (χ1v) is 8.64. The molecule has 0 aliphatic rings. The molecule has 1 aromatic rings. The molecule has 0 fully saturated rings. The quantitative estimate of drug-likeness (QED) is 0.650. The number of rotatable bonds is 7. The summed E-state index contributed by atoms with van der Waals surface area (Å²) in [7, 11) is 0.0740. The zero-order chi connectivity index (χ0) is 19.2. The third-order valence-electron chi connectivity index (χ3n) is 2.93. The van der Waals surface area contributed by atoms with Gasteiger partial charge in [-0.05, 0) is 18.2 Å². The van der Waals surface area contributed by atoms with Crippen LogP contribution in [0.15, 0.2) is 23.1 Å². The second kappa shape index (κ2) is 8.79. The lowest BCUT2D eigenvalue weighted by molar-refractivity contribution is -0.141. The van der Waals surface area contributed by atoms with Gasteiger partial charge < -0.3 is 14.8 Å². The molecule has 0 atom stereocenters. The van der Waals surface area contributed by atoms with Crippen molar-refractivity contribution in [1.82, 2.24) is 9.62 Å². The van der Waals surface area contributed by atoms with Gasteiger partial charge in [0, 0.05) is 14.1 Å². The molecule has 0 saturated carbocycles. The molecule has 1 aromatic carbocycles. The molecular weight excluding hydrogens is 376 g/mol.